The Morgan fingerprint density at radius 3 is 2.50 bits per heavy atom. The summed E-state index contributed by atoms with van der Waals surface area (Å²) in [4.78, 5) is 0. The van der Waals surface area contributed by atoms with E-state index in [0.29, 0.717) is 6.04 Å². The fourth-order valence-corrected chi connectivity index (χ4v) is 3.14. The van der Waals surface area contributed by atoms with Crippen molar-refractivity contribution in [3.8, 4) is 0 Å². The number of benzene rings is 2. The number of hydrogen-bond acceptors (Lipinski definition) is 1. The van der Waals surface area contributed by atoms with Crippen LogP contribution in [0.15, 0.2) is 57.5 Å². The SMILES string of the molecule is CCCNC(Cc1ccccc1)c1cc(Br)ccc1Br. The molecule has 1 nitrogen and oxygen atoms in total. The summed E-state index contributed by atoms with van der Waals surface area (Å²) in [6.45, 7) is 3.22. The first kappa shape index (κ1) is 15.7. The standard InChI is InChI=1S/C17H19Br2N/c1-2-10-20-17(11-13-6-4-3-5-7-13)15-12-14(18)8-9-16(15)19/h3-9,12,17,20H,2,10-11H2,1H3. The van der Waals surface area contributed by atoms with Gasteiger partial charge in [-0.15, -0.1) is 0 Å². The van der Waals surface area contributed by atoms with Crippen molar-refractivity contribution in [1.82, 2.24) is 5.32 Å². The van der Waals surface area contributed by atoms with Gasteiger partial charge in [0.05, 0.1) is 0 Å². The molecule has 1 N–H and O–H groups in total. The molecule has 0 radical (unpaired) electrons. The highest BCUT2D eigenvalue weighted by molar-refractivity contribution is 9.11. The molecular weight excluding hydrogens is 378 g/mol. The van der Waals surface area contributed by atoms with Crippen LogP contribution in [-0.4, -0.2) is 6.54 Å². The molecule has 2 aromatic carbocycles. The van der Waals surface area contributed by atoms with Crippen molar-refractivity contribution >= 4 is 31.9 Å². The first-order chi connectivity index (χ1) is 9.70. The third kappa shape index (κ3) is 4.44. The normalized spacial score (nSPS) is 12.3. The zero-order chi connectivity index (χ0) is 14.4. The maximum absolute atomic E-state index is 3.68. The smallest absolute Gasteiger partial charge is 0.0372 e. The van der Waals surface area contributed by atoms with Crippen LogP contribution in [-0.2, 0) is 6.42 Å². The first-order valence-corrected chi connectivity index (χ1v) is 8.51. The molecule has 0 bridgehead atoms. The van der Waals surface area contributed by atoms with Gasteiger partial charge in [0.15, 0.2) is 0 Å². The summed E-state index contributed by atoms with van der Waals surface area (Å²) in [5, 5.41) is 3.65. The largest absolute Gasteiger partial charge is 0.310 e. The second-order valence-corrected chi connectivity index (χ2v) is 6.63. The molecule has 1 unspecified atom stereocenters. The second kappa shape index (κ2) is 7.96. The minimum Gasteiger partial charge on any atom is -0.310 e. The number of nitrogens with one attached hydrogen (secondary N) is 1. The Kier molecular flexibility index (Phi) is 6.27. The lowest BCUT2D eigenvalue weighted by molar-refractivity contribution is 0.527. The number of hydrogen-bond donors (Lipinski definition) is 1. The van der Waals surface area contributed by atoms with Crippen LogP contribution in [0.2, 0.25) is 0 Å². The molecule has 0 aliphatic heterocycles. The Labute approximate surface area is 138 Å². The Hall–Kier alpha value is -0.640. The minimum atomic E-state index is 0.323. The summed E-state index contributed by atoms with van der Waals surface area (Å²) in [5.41, 5.74) is 2.66. The monoisotopic (exact) mass is 395 g/mol. The van der Waals surface area contributed by atoms with Gasteiger partial charge >= 0.3 is 0 Å². The molecule has 0 heterocycles. The average Bonchev–Trinajstić information content (AvgIpc) is 2.47. The highest BCUT2D eigenvalue weighted by Crippen LogP contribution is 2.29. The average molecular weight is 397 g/mol. The quantitative estimate of drug-likeness (QED) is 0.680. The van der Waals surface area contributed by atoms with Crippen LogP contribution >= 0.6 is 31.9 Å². The minimum absolute atomic E-state index is 0.323. The molecule has 0 aliphatic carbocycles. The van der Waals surface area contributed by atoms with Gasteiger partial charge in [-0.05, 0) is 48.7 Å². The maximum atomic E-state index is 3.68. The molecule has 0 saturated carbocycles. The van der Waals surface area contributed by atoms with E-state index in [1.807, 2.05) is 0 Å². The van der Waals surface area contributed by atoms with E-state index in [2.05, 4.69) is 92.6 Å². The van der Waals surface area contributed by atoms with E-state index in [1.165, 1.54) is 11.1 Å². The van der Waals surface area contributed by atoms with Gasteiger partial charge in [0.25, 0.3) is 0 Å². The van der Waals surface area contributed by atoms with E-state index in [4.69, 9.17) is 0 Å². The lowest BCUT2D eigenvalue weighted by Crippen LogP contribution is -2.24. The van der Waals surface area contributed by atoms with E-state index >= 15 is 0 Å². The third-order valence-electron chi connectivity index (χ3n) is 3.26. The van der Waals surface area contributed by atoms with Crippen molar-refractivity contribution in [1.29, 1.82) is 0 Å². The van der Waals surface area contributed by atoms with Gasteiger partial charge in [0, 0.05) is 15.0 Å². The van der Waals surface area contributed by atoms with Crippen molar-refractivity contribution in [2.24, 2.45) is 0 Å². The summed E-state index contributed by atoms with van der Waals surface area (Å²) >= 11 is 7.25. The van der Waals surface area contributed by atoms with Crippen molar-refractivity contribution in [3.63, 3.8) is 0 Å². The fraction of sp³-hybridized carbons (Fsp3) is 0.294. The van der Waals surface area contributed by atoms with Gasteiger partial charge in [-0.2, -0.15) is 0 Å². The zero-order valence-corrected chi connectivity index (χ0v) is 14.7. The second-order valence-electron chi connectivity index (χ2n) is 4.86. The van der Waals surface area contributed by atoms with Gasteiger partial charge < -0.3 is 5.32 Å². The molecule has 0 aromatic heterocycles. The number of rotatable bonds is 6. The first-order valence-electron chi connectivity index (χ1n) is 6.93. The molecule has 0 fully saturated rings. The van der Waals surface area contributed by atoms with Gasteiger partial charge in [0.1, 0.15) is 0 Å². The Bertz CT molecular complexity index is 540. The van der Waals surface area contributed by atoms with Crippen molar-refractivity contribution in [2.45, 2.75) is 25.8 Å². The van der Waals surface area contributed by atoms with Gasteiger partial charge in [0.2, 0.25) is 0 Å². The highest BCUT2D eigenvalue weighted by Gasteiger charge is 2.15. The van der Waals surface area contributed by atoms with E-state index < -0.39 is 0 Å². The molecule has 2 rings (SSSR count). The van der Waals surface area contributed by atoms with E-state index in [-0.39, 0.29) is 0 Å². The topological polar surface area (TPSA) is 12.0 Å². The summed E-state index contributed by atoms with van der Waals surface area (Å²) in [7, 11) is 0. The zero-order valence-electron chi connectivity index (χ0n) is 11.6. The molecular formula is C17H19Br2N. The molecule has 0 spiro atoms. The maximum Gasteiger partial charge on any atom is 0.0372 e. The Morgan fingerprint density at radius 2 is 1.80 bits per heavy atom. The fourth-order valence-electron chi connectivity index (χ4n) is 2.24. The molecule has 106 valence electrons. The molecule has 0 saturated heterocycles. The molecule has 0 aliphatic rings. The van der Waals surface area contributed by atoms with Gasteiger partial charge in [-0.3, -0.25) is 0 Å². The number of halogens is 2. The van der Waals surface area contributed by atoms with Crippen LogP contribution in [0, 0.1) is 0 Å². The lowest BCUT2D eigenvalue weighted by atomic mass is 9.99. The molecule has 1 atom stereocenters. The Balaban J connectivity index is 2.24. The molecule has 20 heavy (non-hydrogen) atoms. The Morgan fingerprint density at radius 1 is 1.05 bits per heavy atom. The molecule has 3 heteroatoms. The van der Waals surface area contributed by atoms with Crippen molar-refractivity contribution < 1.29 is 0 Å². The summed E-state index contributed by atoms with van der Waals surface area (Å²) in [5.74, 6) is 0. The van der Waals surface area contributed by atoms with E-state index in [0.717, 1.165) is 28.3 Å². The van der Waals surface area contributed by atoms with Crippen molar-refractivity contribution in [3.05, 3.63) is 68.6 Å². The van der Waals surface area contributed by atoms with Gasteiger partial charge in [-0.1, -0.05) is 69.1 Å². The van der Waals surface area contributed by atoms with Crippen LogP contribution in [0.5, 0.6) is 0 Å². The summed E-state index contributed by atoms with van der Waals surface area (Å²) in [6.07, 6.45) is 2.13. The molecule has 2 aromatic rings. The predicted octanol–water partition coefficient (Wildman–Crippen LogP) is 5.50. The predicted molar refractivity (Wildman–Crippen MR) is 93.0 cm³/mol. The van der Waals surface area contributed by atoms with Crippen LogP contribution < -0.4 is 5.32 Å². The third-order valence-corrected chi connectivity index (χ3v) is 4.47. The lowest BCUT2D eigenvalue weighted by Gasteiger charge is -2.21. The van der Waals surface area contributed by atoms with Crippen LogP contribution in [0.4, 0.5) is 0 Å². The summed E-state index contributed by atoms with van der Waals surface area (Å²) < 4.78 is 2.28. The van der Waals surface area contributed by atoms with Crippen LogP contribution in [0.3, 0.4) is 0 Å². The van der Waals surface area contributed by atoms with Gasteiger partial charge in [-0.25, -0.2) is 0 Å². The molecule has 0 amide bonds. The summed E-state index contributed by atoms with van der Waals surface area (Å²) in [6, 6.07) is 17.3. The van der Waals surface area contributed by atoms with E-state index in [1.54, 1.807) is 0 Å². The highest BCUT2D eigenvalue weighted by atomic mass is 79.9. The van der Waals surface area contributed by atoms with Crippen LogP contribution in [0.1, 0.15) is 30.5 Å². The van der Waals surface area contributed by atoms with Crippen LogP contribution in [0.25, 0.3) is 0 Å². The van der Waals surface area contributed by atoms with Crippen molar-refractivity contribution in [2.75, 3.05) is 6.54 Å². The van der Waals surface area contributed by atoms with E-state index in [9.17, 15) is 0 Å².